The van der Waals surface area contributed by atoms with E-state index in [1.807, 2.05) is 13.0 Å². The first kappa shape index (κ1) is 9.61. The Morgan fingerprint density at radius 3 is 2.40 bits per heavy atom. The van der Waals surface area contributed by atoms with E-state index in [4.69, 9.17) is 17.3 Å². The topological polar surface area (TPSA) is 38.9 Å². The number of aryl methyl sites for hydroxylation is 1. The average Bonchev–Trinajstić information content (AvgIpc) is 2.96. The number of aromatic nitrogens is 1. The van der Waals surface area contributed by atoms with Crippen LogP contribution in [0.15, 0.2) is 12.1 Å². The quantitative estimate of drug-likeness (QED) is 0.782. The molecular formula is C12H15ClN2. The normalized spacial score (nSPS) is 25.0. The molecule has 2 aliphatic carbocycles. The van der Waals surface area contributed by atoms with E-state index in [0.29, 0.717) is 5.15 Å². The third-order valence-corrected chi connectivity index (χ3v) is 4.16. The van der Waals surface area contributed by atoms with Crippen LogP contribution in [-0.2, 0) is 5.41 Å². The molecule has 0 unspecified atom stereocenters. The van der Waals surface area contributed by atoms with E-state index in [1.165, 1.54) is 18.4 Å². The number of pyridine rings is 1. The van der Waals surface area contributed by atoms with E-state index in [9.17, 15) is 0 Å². The molecule has 2 saturated carbocycles. The molecule has 0 spiro atoms. The molecule has 0 bridgehead atoms. The number of hydrogen-bond donors (Lipinski definition) is 1. The second-order valence-electron chi connectivity index (χ2n) is 5.06. The van der Waals surface area contributed by atoms with Crippen LogP contribution in [0.25, 0.3) is 0 Å². The Hall–Kier alpha value is -0.600. The Labute approximate surface area is 94.8 Å². The largest absolute Gasteiger partial charge is 0.324 e. The number of rotatable bonds is 2. The Bertz CT molecular complexity index is 399. The SMILES string of the molecule is Cc1cc(C2(C3(N)CC3)CC2)cc(Cl)n1. The monoisotopic (exact) mass is 222 g/mol. The van der Waals surface area contributed by atoms with Gasteiger partial charge < -0.3 is 5.73 Å². The first-order valence-corrected chi connectivity index (χ1v) is 5.87. The van der Waals surface area contributed by atoms with Gasteiger partial charge in [-0.2, -0.15) is 0 Å². The van der Waals surface area contributed by atoms with Gasteiger partial charge in [-0.25, -0.2) is 4.98 Å². The first-order chi connectivity index (χ1) is 7.06. The van der Waals surface area contributed by atoms with Crippen molar-refractivity contribution in [2.24, 2.45) is 5.73 Å². The molecule has 1 aromatic heterocycles. The second-order valence-corrected chi connectivity index (χ2v) is 5.45. The highest BCUT2D eigenvalue weighted by molar-refractivity contribution is 6.29. The van der Waals surface area contributed by atoms with Crippen molar-refractivity contribution in [3.05, 3.63) is 28.5 Å². The van der Waals surface area contributed by atoms with Crippen LogP contribution in [0.5, 0.6) is 0 Å². The van der Waals surface area contributed by atoms with E-state index >= 15 is 0 Å². The van der Waals surface area contributed by atoms with Crippen LogP contribution in [0.2, 0.25) is 5.15 Å². The minimum Gasteiger partial charge on any atom is -0.324 e. The van der Waals surface area contributed by atoms with Gasteiger partial charge in [-0.1, -0.05) is 11.6 Å². The summed E-state index contributed by atoms with van der Waals surface area (Å²) in [5.74, 6) is 0. The number of hydrogen-bond acceptors (Lipinski definition) is 2. The van der Waals surface area contributed by atoms with Crippen molar-refractivity contribution in [2.45, 2.75) is 43.6 Å². The van der Waals surface area contributed by atoms with Gasteiger partial charge in [0.15, 0.2) is 0 Å². The Kier molecular flexibility index (Phi) is 1.76. The number of halogens is 1. The van der Waals surface area contributed by atoms with Gasteiger partial charge >= 0.3 is 0 Å². The minimum absolute atomic E-state index is 0.0596. The van der Waals surface area contributed by atoms with E-state index in [1.54, 1.807) is 0 Å². The number of nitrogens with two attached hydrogens (primary N) is 1. The smallest absolute Gasteiger partial charge is 0.129 e. The van der Waals surface area contributed by atoms with Gasteiger partial charge in [0.1, 0.15) is 5.15 Å². The molecule has 0 radical (unpaired) electrons. The maximum Gasteiger partial charge on any atom is 0.129 e. The van der Waals surface area contributed by atoms with E-state index < -0.39 is 0 Å². The van der Waals surface area contributed by atoms with Crippen molar-refractivity contribution in [1.29, 1.82) is 0 Å². The maximum absolute atomic E-state index is 6.36. The fraction of sp³-hybridized carbons (Fsp3) is 0.583. The summed E-state index contributed by atoms with van der Waals surface area (Å²) in [5.41, 5.74) is 8.94. The van der Waals surface area contributed by atoms with Gasteiger partial charge in [-0.15, -0.1) is 0 Å². The predicted octanol–water partition coefficient (Wildman–Crippen LogP) is 2.57. The molecule has 0 atom stereocenters. The fourth-order valence-electron chi connectivity index (χ4n) is 2.72. The van der Waals surface area contributed by atoms with Gasteiger partial charge in [0.2, 0.25) is 0 Å². The lowest BCUT2D eigenvalue weighted by Gasteiger charge is -2.23. The lowest BCUT2D eigenvalue weighted by atomic mass is 9.86. The molecule has 0 aromatic carbocycles. The van der Waals surface area contributed by atoms with Crippen molar-refractivity contribution in [2.75, 3.05) is 0 Å². The highest BCUT2D eigenvalue weighted by Crippen LogP contribution is 2.63. The lowest BCUT2D eigenvalue weighted by Crippen LogP contribution is -2.37. The molecule has 3 heteroatoms. The van der Waals surface area contributed by atoms with Crippen molar-refractivity contribution in [1.82, 2.24) is 4.98 Å². The van der Waals surface area contributed by atoms with Gasteiger partial charge in [0.05, 0.1) is 0 Å². The van der Waals surface area contributed by atoms with Crippen LogP contribution in [0.3, 0.4) is 0 Å². The van der Waals surface area contributed by atoms with Crippen LogP contribution in [0, 0.1) is 6.92 Å². The van der Waals surface area contributed by atoms with Gasteiger partial charge in [0.25, 0.3) is 0 Å². The van der Waals surface area contributed by atoms with Crippen molar-refractivity contribution >= 4 is 11.6 Å². The summed E-state index contributed by atoms with van der Waals surface area (Å²) in [6, 6.07) is 4.14. The first-order valence-electron chi connectivity index (χ1n) is 5.49. The second kappa shape index (κ2) is 2.74. The molecule has 15 heavy (non-hydrogen) atoms. The van der Waals surface area contributed by atoms with E-state index in [0.717, 1.165) is 18.5 Å². The molecule has 1 aromatic rings. The molecule has 2 nitrogen and oxygen atoms in total. The molecule has 2 aliphatic rings. The van der Waals surface area contributed by atoms with Crippen molar-refractivity contribution in [3.8, 4) is 0 Å². The Morgan fingerprint density at radius 2 is 1.93 bits per heavy atom. The standard InChI is InChI=1S/C12H15ClN2/c1-8-6-9(7-10(13)15-8)11(2-3-11)12(14)4-5-12/h6-7H,2-5,14H2,1H3. The summed E-state index contributed by atoms with van der Waals surface area (Å²) in [5, 5.41) is 0.598. The van der Waals surface area contributed by atoms with Crippen LogP contribution in [-0.4, -0.2) is 10.5 Å². The van der Waals surface area contributed by atoms with E-state index in [2.05, 4.69) is 11.1 Å². The third-order valence-electron chi connectivity index (χ3n) is 3.97. The molecule has 2 fully saturated rings. The molecule has 0 saturated heterocycles. The molecule has 0 amide bonds. The van der Waals surface area contributed by atoms with Crippen LogP contribution >= 0.6 is 11.6 Å². The van der Waals surface area contributed by atoms with Crippen LogP contribution < -0.4 is 5.73 Å². The summed E-state index contributed by atoms with van der Waals surface area (Å²) in [6.07, 6.45) is 4.74. The zero-order valence-electron chi connectivity index (χ0n) is 8.89. The lowest BCUT2D eigenvalue weighted by molar-refractivity contribution is 0.502. The van der Waals surface area contributed by atoms with Crippen LogP contribution in [0.1, 0.15) is 36.9 Å². The summed E-state index contributed by atoms with van der Waals surface area (Å²) < 4.78 is 0. The van der Waals surface area contributed by atoms with Gasteiger partial charge in [-0.05, 0) is 50.3 Å². The zero-order valence-corrected chi connectivity index (χ0v) is 9.64. The molecule has 1 heterocycles. The van der Waals surface area contributed by atoms with Gasteiger partial charge in [-0.3, -0.25) is 0 Å². The molecular weight excluding hydrogens is 208 g/mol. The predicted molar refractivity (Wildman–Crippen MR) is 61.0 cm³/mol. The summed E-state index contributed by atoms with van der Waals surface area (Å²) in [7, 11) is 0. The summed E-state index contributed by atoms with van der Waals surface area (Å²) >= 11 is 6.00. The number of nitrogens with zero attached hydrogens (tertiary/aromatic N) is 1. The highest BCUT2D eigenvalue weighted by Gasteiger charge is 2.64. The van der Waals surface area contributed by atoms with Crippen molar-refractivity contribution < 1.29 is 0 Å². The fourth-order valence-corrected chi connectivity index (χ4v) is 2.97. The van der Waals surface area contributed by atoms with E-state index in [-0.39, 0.29) is 11.0 Å². The zero-order chi connectivity index (χ0) is 10.7. The summed E-state index contributed by atoms with van der Waals surface area (Å²) in [4.78, 5) is 4.20. The molecule has 0 aliphatic heterocycles. The molecule has 80 valence electrons. The Balaban J connectivity index is 2.06. The minimum atomic E-state index is 0.0596. The summed E-state index contributed by atoms with van der Waals surface area (Å²) in [6.45, 7) is 1.99. The molecule has 2 N–H and O–H groups in total. The highest BCUT2D eigenvalue weighted by atomic mass is 35.5. The van der Waals surface area contributed by atoms with Crippen molar-refractivity contribution in [3.63, 3.8) is 0 Å². The van der Waals surface area contributed by atoms with Crippen LogP contribution in [0.4, 0.5) is 0 Å². The molecule has 3 rings (SSSR count). The Morgan fingerprint density at radius 1 is 1.27 bits per heavy atom. The third kappa shape index (κ3) is 1.31. The maximum atomic E-state index is 6.36. The van der Waals surface area contributed by atoms with Gasteiger partial charge in [0, 0.05) is 16.6 Å². The average molecular weight is 223 g/mol.